The van der Waals surface area contributed by atoms with E-state index in [0.29, 0.717) is 34.8 Å². The van der Waals surface area contributed by atoms with Crippen LogP contribution in [-0.2, 0) is 16.0 Å². The number of hydrogen-bond acceptors (Lipinski definition) is 5. The highest BCUT2D eigenvalue weighted by Crippen LogP contribution is 2.21. The van der Waals surface area contributed by atoms with Crippen molar-refractivity contribution >= 4 is 23.2 Å². The molecule has 0 aliphatic heterocycles. The Balaban J connectivity index is 2.13. The van der Waals surface area contributed by atoms with Crippen molar-refractivity contribution in [3.8, 4) is 0 Å². The van der Waals surface area contributed by atoms with Gasteiger partial charge in [-0.3, -0.25) is 9.59 Å². The number of aromatic nitrogens is 1. The van der Waals surface area contributed by atoms with Crippen molar-refractivity contribution in [3.05, 3.63) is 40.8 Å². The van der Waals surface area contributed by atoms with Gasteiger partial charge in [0, 0.05) is 18.5 Å². The van der Waals surface area contributed by atoms with Crippen molar-refractivity contribution in [1.29, 1.82) is 0 Å². The second-order valence-corrected chi connectivity index (χ2v) is 5.38. The molecule has 1 aromatic carbocycles. The van der Waals surface area contributed by atoms with Gasteiger partial charge in [0.25, 0.3) is 5.91 Å². The fourth-order valence-electron chi connectivity index (χ4n) is 2.34. The van der Waals surface area contributed by atoms with Crippen molar-refractivity contribution in [1.82, 2.24) is 5.16 Å². The molecule has 0 saturated heterocycles. The highest BCUT2D eigenvalue weighted by molar-refractivity contribution is 6.06. The summed E-state index contributed by atoms with van der Waals surface area (Å²) in [6.07, 6.45) is 0.615. The lowest BCUT2D eigenvalue weighted by molar-refractivity contribution is -0.119. The molecule has 2 N–H and O–H groups in total. The quantitative estimate of drug-likeness (QED) is 0.849. The predicted octanol–water partition coefficient (Wildman–Crippen LogP) is 2.69. The molecule has 24 heavy (non-hydrogen) atoms. The topological polar surface area (TPSA) is 93.5 Å². The van der Waals surface area contributed by atoms with Crippen molar-refractivity contribution in [3.63, 3.8) is 0 Å². The van der Waals surface area contributed by atoms with E-state index in [1.54, 1.807) is 25.1 Å². The fraction of sp³-hybridized carbons (Fsp3) is 0.353. The molecule has 0 saturated carbocycles. The van der Waals surface area contributed by atoms with Crippen LogP contribution in [0.5, 0.6) is 0 Å². The van der Waals surface area contributed by atoms with Crippen molar-refractivity contribution in [2.24, 2.45) is 0 Å². The van der Waals surface area contributed by atoms with Crippen LogP contribution in [-0.4, -0.2) is 30.7 Å². The summed E-state index contributed by atoms with van der Waals surface area (Å²) in [5, 5.41) is 9.46. The summed E-state index contributed by atoms with van der Waals surface area (Å²) in [7, 11) is 1.46. The number of aryl methyl sites for hydroxylation is 3. The second kappa shape index (κ2) is 7.74. The van der Waals surface area contributed by atoms with Gasteiger partial charge in [-0.2, -0.15) is 0 Å². The van der Waals surface area contributed by atoms with Gasteiger partial charge < -0.3 is 19.9 Å². The molecule has 7 nitrogen and oxygen atoms in total. The number of anilines is 2. The Morgan fingerprint density at radius 2 is 2.00 bits per heavy atom. The molecule has 0 fully saturated rings. The van der Waals surface area contributed by atoms with Gasteiger partial charge in [-0.1, -0.05) is 12.1 Å². The minimum Gasteiger partial charge on any atom is -0.375 e. The lowest BCUT2D eigenvalue weighted by atomic mass is 10.1. The van der Waals surface area contributed by atoms with Gasteiger partial charge in [0.2, 0.25) is 5.91 Å². The standard InChI is InChI=1S/C17H21N3O4/c1-5-13-16(11(3)24-20-13)17(22)18-12-6-7-14(10(2)8-12)19-15(21)9-23-4/h6-8H,5,9H2,1-4H3,(H,18,22)(H,19,21). The number of hydrogen-bond donors (Lipinski definition) is 2. The summed E-state index contributed by atoms with van der Waals surface area (Å²) >= 11 is 0. The first-order valence-electron chi connectivity index (χ1n) is 7.62. The largest absolute Gasteiger partial charge is 0.375 e. The van der Waals surface area contributed by atoms with Gasteiger partial charge in [-0.15, -0.1) is 0 Å². The number of rotatable bonds is 6. The van der Waals surface area contributed by atoms with Crippen LogP contribution in [0.15, 0.2) is 22.7 Å². The molecule has 1 aromatic heterocycles. The van der Waals surface area contributed by atoms with Gasteiger partial charge >= 0.3 is 0 Å². The Hall–Kier alpha value is -2.67. The number of carbonyl (C=O) groups is 2. The van der Waals surface area contributed by atoms with Crippen LogP contribution in [0.25, 0.3) is 0 Å². The molecule has 0 unspecified atom stereocenters. The molecule has 7 heteroatoms. The van der Waals surface area contributed by atoms with E-state index in [9.17, 15) is 9.59 Å². The van der Waals surface area contributed by atoms with Crippen molar-refractivity contribution in [2.45, 2.75) is 27.2 Å². The molecule has 0 radical (unpaired) electrons. The first-order valence-corrected chi connectivity index (χ1v) is 7.62. The minimum absolute atomic E-state index is 0.00944. The monoisotopic (exact) mass is 331 g/mol. The Bertz CT molecular complexity index is 752. The zero-order valence-electron chi connectivity index (χ0n) is 14.2. The summed E-state index contributed by atoms with van der Waals surface area (Å²) < 4.78 is 9.87. The molecule has 1 heterocycles. The normalized spacial score (nSPS) is 10.5. The molecule has 2 amide bonds. The van der Waals surface area contributed by atoms with E-state index in [1.807, 2.05) is 13.8 Å². The Labute approximate surface area is 140 Å². The zero-order valence-corrected chi connectivity index (χ0v) is 14.2. The van der Waals surface area contributed by atoms with Crippen LogP contribution in [0, 0.1) is 13.8 Å². The van der Waals surface area contributed by atoms with Crippen LogP contribution in [0.3, 0.4) is 0 Å². The number of nitrogens with one attached hydrogen (secondary N) is 2. The maximum Gasteiger partial charge on any atom is 0.261 e. The fourth-order valence-corrected chi connectivity index (χ4v) is 2.34. The molecule has 2 rings (SSSR count). The SMILES string of the molecule is CCc1noc(C)c1C(=O)Nc1ccc(NC(=O)COC)c(C)c1. The van der Waals surface area contributed by atoms with Gasteiger partial charge in [-0.05, 0) is 44.0 Å². The van der Waals surface area contributed by atoms with E-state index in [0.717, 1.165) is 5.56 Å². The first kappa shape index (κ1) is 17.7. The Morgan fingerprint density at radius 1 is 1.25 bits per heavy atom. The summed E-state index contributed by atoms with van der Waals surface area (Å²) in [4.78, 5) is 24.0. The van der Waals surface area contributed by atoms with E-state index in [2.05, 4.69) is 15.8 Å². The maximum atomic E-state index is 12.4. The molecule has 0 atom stereocenters. The lowest BCUT2D eigenvalue weighted by Crippen LogP contribution is -2.18. The van der Waals surface area contributed by atoms with Crippen LogP contribution in [0.1, 0.15) is 34.3 Å². The maximum absolute atomic E-state index is 12.4. The number of nitrogens with zero attached hydrogens (tertiary/aromatic N) is 1. The number of carbonyl (C=O) groups excluding carboxylic acids is 2. The number of benzene rings is 1. The average molecular weight is 331 g/mol. The Morgan fingerprint density at radius 3 is 2.62 bits per heavy atom. The van der Waals surface area contributed by atoms with Gasteiger partial charge in [0.15, 0.2) is 0 Å². The lowest BCUT2D eigenvalue weighted by Gasteiger charge is -2.11. The molecule has 2 aromatic rings. The average Bonchev–Trinajstić information content (AvgIpc) is 2.91. The van der Waals surface area contributed by atoms with Crippen LogP contribution in [0.4, 0.5) is 11.4 Å². The third-order valence-electron chi connectivity index (χ3n) is 3.53. The van der Waals surface area contributed by atoms with E-state index < -0.39 is 0 Å². The predicted molar refractivity (Wildman–Crippen MR) is 90.3 cm³/mol. The highest BCUT2D eigenvalue weighted by Gasteiger charge is 2.19. The smallest absolute Gasteiger partial charge is 0.261 e. The van der Waals surface area contributed by atoms with Crippen LogP contribution in [0.2, 0.25) is 0 Å². The van der Waals surface area contributed by atoms with Crippen LogP contribution < -0.4 is 10.6 Å². The van der Waals surface area contributed by atoms with E-state index >= 15 is 0 Å². The van der Waals surface area contributed by atoms with Crippen LogP contribution >= 0.6 is 0 Å². The van der Waals surface area contributed by atoms with E-state index in [-0.39, 0.29) is 18.4 Å². The summed E-state index contributed by atoms with van der Waals surface area (Å²) in [6.45, 7) is 5.46. The summed E-state index contributed by atoms with van der Waals surface area (Å²) in [5.74, 6) is -0.00393. The number of methoxy groups -OCH3 is 1. The van der Waals surface area contributed by atoms with Gasteiger partial charge in [0.1, 0.15) is 17.9 Å². The Kier molecular flexibility index (Phi) is 5.70. The number of ether oxygens (including phenoxy) is 1. The molecule has 128 valence electrons. The highest BCUT2D eigenvalue weighted by atomic mass is 16.5. The van der Waals surface area contributed by atoms with E-state index in [1.165, 1.54) is 7.11 Å². The molecule has 0 bridgehead atoms. The van der Waals surface area contributed by atoms with Gasteiger partial charge in [-0.25, -0.2) is 0 Å². The summed E-state index contributed by atoms with van der Waals surface area (Å²) in [6, 6.07) is 5.25. The first-order chi connectivity index (χ1) is 11.5. The second-order valence-electron chi connectivity index (χ2n) is 5.38. The van der Waals surface area contributed by atoms with Crippen molar-refractivity contribution in [2.75, 3.05) is 24.4 Å². The molecular weight excluding hydrogens is 310 g/mol. The molecule has 0 aliphatic carbocycles. The zero-order chi connectivity index (χ0) is 17.7. The molecular formula is C17H21N3O4. The minimum atomic E-state index is -0.263. The number of amides is 2. The van der Waals surface area contributed by atoms with Crippen molar-refractivity contribution < 1.29 is 18.8 Å². The molecule has 0 aliphatic rings. The summed E-state index contributed by atoms with van der Waals surface area (Å²) in [5.41, 5.74) is 3.23. The third kappa shape index (κ3) is 3.99. The molecule has 0 spiro atoms. The van der Waals surface area contributed by atoms with Gasteiger partial charge in [0.05, 0.1) is 5.69 Å². The van der Waals surface area contributed by atoms with E-state index in [4.69, 9.17) is 9.26 Å². The third-order valence-corrected chi connectivity index (χ3v) is 3.53.